The van der Waals surface area contributed by atoms with E-state index in [2.05, 4.69) is 18.7 Å². The number of esters is 1. The standard InChI is InChI=1S/C13H25NO2/c1-4-14(5-2)12(11-8-7-9-11)10-13(15)16-6-3/h11-12H,4-10H2,1-3H3. The van der Waals surface area contributed by atoms with Gasteiger partial charge in [0.2, 0.25) is 0 Å². The molecule has 1 aliphatic rings. The first-order valence-electron chi connectivity index (χ1n) is 6.62. The van der Waals surface area contributed by atoms with Crippen LogP contribution in [0.2, 0.25) is 0 Å². The molecule has 0 radical (unpaired) electrons. The molecule has 16 heavy (non-hydrogen) atoms. The molecular formula is C13H25NO2. The van der Waals surface area contributed by atoms with Crippen LogP contribution in [-0.4, -0.2) is 36.6 Å². The van der Waals surface area contributed by atoms with Gasteiger partial charge in [0.15, 0.2) is 0 Å². The number of carbonyl (C=O) groups is 1. The van der Waals surface area contributed by atoms with E-state index in [9.17, 15) is 4.79 Å². The van der Waals surface area contributed by atoms with Crippen molar-refractivity contribution in [1.82, 2.24) is 4.90 Å². The first-order valence-corrected chi connectivity index (χ1v) is 6.62. The predicted octanol–water partition coefficient (Wildman–Crippen LogP) is 2.45. The van der Waals surface area contributed by atoms with Gasteiger partial charge in [0.25, 0.3) is 0 Å². The van der Waals surface area contributed by atoms with Crippen LogP contribution >= 0.6 is 0 Å². The molecule has 1 fully saturated rings. The van der Waals surface area contributed by atoms with Crippen LogP contribution in [0.3, 0.4) is 0 Å². The third-order valence-electron chi connectivity index (χ3n) is 3.66. The largest absolute Gasteiger partial charge is 0.466 e. The summed E-state index contributed by atoms with van der Waals surface area (Å²) < 4.78 is 5.06. The molecule has 1 saturated carbocycles. The molecule has 0 N–H and O–H groups in total. The van der Waals surface area contributed by atoms with E-state index in [1.54, 1.807) is 0 Å². The number of ether oxygens (including phenoxy) is 1. The number of rotatable bonds is 7. The van der Waals surface area contributed by atoms with Gasteiger partial charge in [0, 0.05) is 6.04 Å². The van der Waals surface area contributed by atoms with Crippen molar-refractivity contribution in [2.24, 2.45) is 5.92 Å². The molecule has 0 amide bonds. The van der Waals surface area contributed by atoms with Crippen molar-refractivity contribution >= 4 is 5.97 Å². The van der Waals surface area contributed by atoms with Crippen LogP contribution in [0.4, 0.5) is 0 Å². The summed E-state index contributed by atoms with van der Waals surface area (Å²) in [6.45, 7) is 8.75. The van der Waals surface area contributed by atoms with Gasteiger partial charge in [-0.25, -0.2) is 0 Å². The van der Waals surface area contributed by atoms with Gasteiger partial charge in [-0.05, 0) is 38.8 Å². The third-order valence-corrected chi connectivity index (χ3v) is 3.66. The van der Waals surface area contributed by atoms with Gasteiger partial charge in [-0.15, -0.1) is 0 Å². The van der Waals surface area contributed by atoms with Crippen molar-refractivity contribution in [2.45, 2.75) is 52.5 Å². The normalized spacial score (nSPS) is 18.2. The topological polar surface area (TPSA) is 29.5 Å². The van der Waals surface area contributed by atoms with Gasteiger partial charge in [0.1, 0.15) is 0 Å². The van der Waals surface area contributed by atoms with Crippen LogP contribution in [0.1, 0.15) is 46.5 Å². The minimum absolute atomic E-state index is 0.0358. The van der Waals surface area contributed by atoms with Crippen LogP contribution in [0, 0.1) is 5.92 Å². The fourth-order valence-corrected chi connectivity index (χ4v) is 2.50. The zero-order valence-corrected chi connectivity index (χ0v) is 10.9. The molecule has 3 nitrogen and oxygen atoms in total. The SMILES string of the molecule is CCOC(=O)CC(C1CCC1)N(CC)CC. The van der Waals surface area contributed by atoms with Crippen molar-refractivity contribution in [2.75, 3.05) is 19.7 Å². The Hall–Kier alpha value is -0.570. The molecule has 1 rings (SSSR count). The van der Waals surface area contributed by atoms with Gasteiger partial charge < -0.3 is 9.64 Å². The zero-order valence-electron chi connectivity index (χ0n) is 10.9. The second-order valence-corrected chi connectivity index (χ2v) is 4.49. The Labute approximate surface area is 99.1 Å². The van der Waals surface area contributed by atoms with Crippen LogP contribution < -0.4 is 0 Å². The van der Waals surface area contributed by atoms with Crippen molar-refractivity contribution in [3.05, 3.63) is 0 Å². The highest BCUT2D eigenvalue weighted by Gasteiger charge is 2.32. The van der Waals surface area contributed by atoms with Gasteiger partial charge in [-0.2, -0.15) is 0 Å². The lowest BCUT2D eigenvalue weighted by molar-refractivity contribution is -0.145. The summed E-state index contributed by atoms with van der Waals surface area (Å²) in [5.41, 5.74) is 0. The molecule has 3 heteroatoms. The Kier molecular flexibility index (Phi) is 5.81. The molecule has 1 aliphatic carbocycles. The second kappa shape index (κ2) is 6.89. The molecule has 0 aromatic rings. The van der Waals surface area contributed by atoms with Gasteiger partial charge in [-0.1, -0.05) is 20.3 Å². The van der Waals surface area contributed by atoms with E-state index in [0.29, 0.717) is 25.0 Å². The minimum atomic E-state index is -0.0358. The molecule has 0 bridgehead atoms. The molecule has 0 aromatic carbocycles. The van der Waals surface area contributed by atoms with E-state index >= 15 is 0 Å². The predicted molar refractivity (Wildman–Crippen MR) is 65.3 cm³/mol. The molecule has 1 atom stereocenters. The molecule has 0 heterocycles. The van der Waals surface area contributed by atoms with E-state index in [1.807, 2.05) is 6.92 Å². The van der Waals surface area contributed by atoms with E-state index in [1.165, 1.54) is 19.3 Å². The second-order valence-electron chi connectivity index (χ2n) is 4.49. The number of nitrogens with zero attached hydrogens (tertiary/aromatic N) is 1. The molecular weight excluding hydrogens is 202 g/mol. The highest BCUT2D eigenvalue weighted by atomic mass is 16.5. The average Bonchev–Trinajstić information content (AvgIpc) is 2.17. The maximum absolute atomic E-state index is 11.6. The number of hydrogen-bond donors (Lipinski definition) is 0. The van der Waals surface area contributed by atoms with E-state index < -0.39 is 0 Å². The number of carbonyl (C=O) groups excluding carboxylic acids is 1. The Morgan fingerprint density at radius 2 is 1.94 bits per heavy atom. The third kappa shape index (κ3) is 3.48. The van der Waals surface area contributed by atoms with Crippen molar-refractivity contribution in [3.8, 4) is 0 Å². The lowest BCUT2D eigenvalue weighted by Gasteiger charge is -2.40. The van der Waals surface area contributed by atoms with Crippen LogP contribution in [0.25, 0.3) is 0 Å². The molecule has 94 valence electrons. The summed E-state index contributed by atoms with van der Waals surface area (Å²) in [4.78, 5) is 14.0. The van der Waals surface area contributed by atoms with Crippen LogP contribution in [0.5, 0.6) is 0 Å². The lowest BCUT2D eigenvalue weighted by atomic mass is 9.78. The van der Waals surface area contributed by atoms with Gasteiger partial charge in [-0.3, -0.25) is 4.79 Å². The molecule has 0 spiro atoms. The Bertz CT molecular complexity index is 210. The van der Waals surface area contributed by atoms with Crippen molar-refractivity contribution in [1.29, 1.82) is 0 Å². The van der Waals surface area contributed by atoms with Crippen molar-refractivity contribution < 1.29 is 9.53 Å². The van der Waals surface area contributed by atoms with E-state index in [4.69, 9.17) is 4.74 Å². The highest BCUT2D eigenvalue weighted by Crippen LogP contribution is 2.33. The summed E-state index contributed by atoms with van der Waals surface area (Å²) in [6, 6.07) is 0.405. The van der Waals surface area contributed by atoms with E-state index in [0.717, 1.165) is 13.1 Å². The fourth-order valence-electron chi connectivity index (χ4n) is 2.50. The minimum Gasteiger partial charge on any atom is -0.466 e. The summed E-state index contributed by atoms with van der Waals surface area (Å²) in [6.07, 6.45) is 4.45. The smallest absolute Gasteiger partial charge is 0.307 e. The average molecular weight is 227 g/mol. The molecule has 0 saturated heterocycles. The Morgan fingerprint density at radius 1 is 1.31 bits per heavy atom. The van der Waals surface area contributed by atoms with E-state index in [-0.39, 0.29) is 5.97 Å². The zero-order chi connectivity index (χ0) is 12.0. The number of hydrogen-bond acceptors (Lipinski definition) is 3. The van der Waals surface area contributed by atoms with Crippen LogP contribution in [0.15, 0.2) is 0 Å². The summed E-state index contributed by atoms with van der Waals surface area (Å²) in [7, 11) is 0. The molecule has 0 aliphatic heterocycles. The lowest BCUT2D eigenvalue weighted by Crippen LogP contribution is -2.44. The van der Waals surface area contributed by atoms with Gasteiger partial charge in [0.05, 0.1) is 13.0 Å². The van der Waals surface area contributed by atoms with Gasteiger partial charge >= 0.3 is 5.97 Å². The quantitative estimate of drug-likeness (QED) is 0.626. The maximum Gasteiger partial charge on any atom is 0.307 e. The monoisotopic (exact) mass is 227 g/mol. The highest BCUT2D eigenvalue weighted by molar-refractivity contribution is 5.70. The summed E-state index contributed by atoms with van der Waals surface area (Å²) in [5, 5.41) is 0. The molecule has 0 aromatic heterocycles. The molecule has 1 unspecified atom stereocenters. The summed E-state index contributed by atoms with van der Waals surface area (Å²) >= 11 is 0. The Balaban J connectivity index is 2.52. The van der Waals surface area contributed by atoms with Crippen molar-refractivity contribution in [3.63, 3.8) is 0 Å². The first kappa shape index (κ1) is 13.5. The first-order chi connectivity index (χ1) is 7.72. The summed E-state index contributed by atoms with van der Waals surface area (Å²) in [5.74, 6) is 0.676. The fraction of sp³-hybridized carbons (Fsp3) is 0.923. The maximum atomic E-state index is 11.6. The van der Waals surface area contributed by atoms with Crippen LogP contribution in [-0.2, 0) is 9.53 Å². The Morgan fingerprint density at radius 3 is 2.31 bits per heavy atom.